The summed E-state index contributed by atoms with van der Waals surface area (Å²) in [7, 11) is 0. The average molecular weight is 653 g/mol. The lowest BCUT2D eigenvalue weighted by Gasteiger charge is -2.23. The van der Waals surface area contributed by atoms with Gasteiger partial charge in [0.25, 0.3) is 0 Å². The summed E-state index contributed by atoms with van der Waals surface area (Å²) < 4.78 is 22.4. The number of furan rings is 1. The normalized spacial score (nSPS) is 19.7. The molecule has 1 N–H and O–H groups in total. The number of hydrogen-bond acceptors (Lipinski definition) is 9. The van der Waals surface area contributed by atoms with E-state index in [2.05, 4.69) is 5.32 Å². The van der Waals surface area contributed by atoms with E-state index in [1.807, 2.05) is 60.7 Å². The zero-order valence-electron chi connectivity index (χ0n) is 25.4. The zero-order valence-corrected chi connectivity index (χ0v) is 26.2. The molecule has 3 aliphatic heterocycles. The van der Waals surface area contributed by atoms with Gasteiger partial charge >= 0.3 is 6.09 Å². The number of carbonyl (C=O) groups excluding carboxylic acids is 3. The molecule has 0 spiro atoms. The van der Waals surface area contributed by atoms with Crippen molar-refractivity contribution in [1.29, 1.82) is 0 Å². The largest absolute Gasteiger partial charge is 0.486 e. The number of likely N-dealkylation sites (tertiary alicyclic amines) is 1. The monoisotopic (exact) mass is 652 g/mol. The maximum absolute atomic E-state index is 13.8. The van der Waals surface area contributed by atoms with Gasteiger partial charge < -0.3 is 23.9 Å². The molecule has 3 amide bonds. The maximum atomic E-state index is 13.8. The third-order valence-corrected chi connectivity index (χ3v) is 9.30. The van der Waals surface area contributed by atoms with Crippen LogP contribution in [-0.2, 0) is 27.5 Å². The Morgan fingerprint density at radius 2 is 1.77 bits per heavy atom. The van der Waals surface area contributed by atoms with Gasteiger partial charge in [-0.05, 0) is 60.4 Å². The van der Waals surface area contributed by atoms with Crippen molar-refractivity contribution < 1.29 is 33.0 Å². The third-order valence-electron chi connectivity index (χ3n) is 8.07. The molecule has 1 unspecified atom stereocenters. The lowest BCUT2D eigenvalue weighted by Crippen LogP contribution is -2.43. The number of ether oxygens (including phenoxy) is 3. The highest BCUT2D eigenvalue weighted by Gasteiger charge is 2.40. The minimum Gasteiger partial charge on any atom is -0.486 e. The van der Waals surface area contributed by atoms with Crippen LogP contribution in [0.25, 0.3) is 0 Å². The Kier molecular flexibility index (Phi) is 8.83. The standard InChI is InChI=1S/C35H32N4O7S/c40-32(28-9-4-16-38(28)35(42)46-22-23-6-2-1-3-7-23)36-25-12-10-24(11-13-25)31-33(41)39(21-27-8-5-17-43-27)34(47-31)37-26-14-15-29-30(20-26)45-19-18-44-29/h1-3,5-8,10-15,17,20,28,31H,4,9,16,18-19,21-22H2,(H,36,40)/t28-,31?/m1/s1. The van der Waals surface area contributed by atoms with Crippen LogP contribution in [0, 0.1) is 0 Å². The summed E-state index contributed by atoms with van der Waals surface area (Å²) in [5.74, 6) is 1.50. The number of amides is 3. The smallest absolute Gasteiger partial charge is 0.410 e. The molecule has 12 heteroatoms. The minimum atomic E-state index is -0.626. The van der Waals surface area contributed by atoms with Crippen molar-refractivity contribution in [1.82, 2.24) is 9.80 Å². The Balaban J connectivity index is 1.03. The van der Waals surface area contributed by atoms with E-state index in [4.69, 9.17) is 23.6 Å². The molecule has 3 aliphatic rings. The fourth-order valence-corrected chi connectivity index (χ4v) is 6.87. The molecule has 47 heavy (non-hydrogen) atoms. The summed E-state index contributed by atoms with van der Waals surface area (Å²) >= 11 is 1.35. The minimum absolute atomic E-state index is 0.130. The fourth-order valence-electron chi connectivity index (χ4n) is 5.70. The molecule has 3 aromatic carbocycles. The van der Waals surface area contributed by atoms with Crippen molar-refractivity contribution in [3.05, 3.63) is 108 Å². The molecule has 240 valence electrons. The van der Waals surface area contributed by atoms with E-state index in [9.17, 15) is 14.4 Å². The van der Waals surface area contributed by atoms with Crippen molar-refractivity contribution in [2.75, 3.05) is 25.1 Å². The first-order valence-electron chi connectivity index (χ1n) is 15.4. The van der Waals surface area contributed by atoms with Gasteiger partial charge in [0, 0.05) is 18.3 Å². The number of carbonyl (C=O) groups is 3. The summed E-state index contributed by atoms with van der Waals surface area (Å²) in [6.45, 7) is 1.79. The quantitative estimate of drug-likeness (QED) is 0.236. The second-order valence-corrected chi connectivity index (χ2v) is 12.3. The van der Waals surface area contributed by atoms with Gasteiger partial charge in [0.1, 0.15) is 36.9 Å². The van der Waals surface area contributed by atoms with Crippen molar-refractivity contribution in [2.24, 2.45) is 4.99 Å². The predicted octanol–water partition coefficient (Wildman–Crippen LogP) is 6.29. The number of anilines is 1. The van der Waals surface area contributed by atoms with E-state index < -0.39 is 17.4 Å². The van der Waals surface area contributed by atoms with Gasteiger partial charge in [0.15, 0.2) is 16.7 Å². The molecule has 2 saturated heterocycles. The van der Waals surface area contributed by atoms with E-state index in [1.54, 1.807) is 35.4 Å². The number of nitrogens with one attached hydrogen (secondary N) is 1. The Hall–Kier alpha value is -5.23. The van der Waals surface area contributed by atoms with Crippen molar-refractivity contribution in [3.63, 3.8) is 0 Å². The van der Waals surface area contributed by atoms with Crippen LogP contribution in [0.2, 0.25) is 0 Å². The Labute approximate surface area is 275 Å². The summed E-state index contributed by atoms with van der Waals surface area (Å²) in [6.07, 6.45) is 2.33. The number of rotatable bonds is 8. The van der Waals surface area contributed by atoms with Gasteiger partial charge in [-0.25, -0.2) is 9.79 Å². The number of thioether (sulfide) groups is 1. The van der Waals surface area contributed by atoms with Crippen molar-refractivity contribution in [2.45, 2.75) is 37.3 Å². The molecule has 2 fully saturated rings. The Morgan fingerprint density at radius 1 is 0.957 bits per heavy atom. The van der Waals surface area contributed by atoms with E-state index in [0.29, 0.717) is 66.4 Å². The first-order valence-corrected chi connectivity index (χ1v) is 16.3. The van der Waals surface area contributed by atoms with Gasteiger partial charge in [-0.1, -0.05) is 54.2 Å². The molecule has 4 aromatic rings. The van der Waals surface area contributed by atoms with Crippen molar-refractivity contribution >= 4 is 46.2 Å². The molecule has 0 radical (unpaired) electrons. The second kappa shape index (κ2) is 13.6. The molecule has 0 bridgehead atoms. The molecule has 4 heterocycles. The van der Waals surface area contributed by atoms with E-state index in [0.717, 1.165) is 11.1 Å². The summed E-state index contributed by atoms with van der Waals surface area (Å²) in [5.41, 5.74) is 2.85. The highest BCUT2D eigenvalue weighted by atomic mass is 32.2. The van der Waals surface area contributed by atoms with Crippen LogP contribution in [0.5, 0.6) is 11.5 Å². The van der Waals surface area contributed by atoms with E-state index >= 15 is 0 Å². The molecular weight excluding hydrogens is 620 g/mol. The summed E-state index contributed by atoms with van der Waals surface area (Å²) in [5, 5.41) is 2.91. The van der Waals surface area contributed by atoms with E-state index in [1.165, 1.54) is 16.7 Å². The van der Waals surface area contributed by atoms with Crippen LogP contribution < -0.4 is 14.8 Å². The second-order valence-electron chi connectivity index (χ2n) is 11.2. The highest BCUT2D eigenvalue weighted by Crippen LogP contribution is 2.42. The van der Waals surface area contributed by atoms with Gasteiger partial charge in [-0.15, -0.1) is 0 Å². The zero-order chi connectivity index (χ0) is 32.2. The van der Waals surface area contributed by atoms with Crippen LogP contribution in [0.15, 0.2) is 101 Å². The highest BCUT2D eigenvalue weighted by molar-refractivity contribution is 8.15. The number of nitrogens with zero attached hydrogens (tertiary/aromatic N) is 3. The number of aliphatic imine (C=N–C) groups is 1. The van der Waals surface area contributed by atoms with Gasteiger partial charge in [-0.3, -0.25) is 19.4 Å². The lowest BCUT2D eigenvalue weighted by atomic mass is 10.1. The van der Waals surface area contributed by atoms with Crippen LogP contribution >= 0.6 is 11.8 Å². The molecule has 0 aliphatic carbocycles. The van der Waals surface area contributed by atoms with Gasteiger partial charge in [0.2, 0.25) is 11.8 Å². The SMILES string of the molecule is O=C(Nc1ccc(C2SC(=Nc3ccc4c(c3)OCCO4)N(Cc3ccco3)C2=O)cc1)[C@H]1CCCN1C(=O)OCc1ccccc1. The topological polar surface area (TPSA) is 123 Å². The molecule has 7 rings (SSSR count). The molecule has 2 atom stereocenters. The number of benzene rings is 3. The summed E-state index contributed by atoms with van der Waals surface area (Å²) in [6, 6.07) is 25.0. The molecule has 11 nitrogen and oxygen atoms in total. The molecule has 0 saturated carbocycles. The maximum Gasteiger partial charge on any atom is 0.410 e. The van der Waals surface area contributed by atoms with Crippen molar-refractivity contribution in [3.8, 4) is 11.5 Å². The Bertz CT molecular complexity index is 1780. The first kappa shape index (κ1) is 30.4. The Morgan fingerprint density at radius 3 is 2.55 bits per heavy atom. The van der Waals surface area contributed by atoms with Crippen LogP contribution in [0.1, 0.15) is 35.0 Å². The number of fused-ring (bicyclic) bond motifs is 1. The molecule has 1 aromatic heterocycles. The van der Waals surface area contributed by atoms with Crippen LogP contribution in [0.4, 0.5) is 16.2 Å². The van der Waals surface area contributed by atoms with Crippen LogP contribution in [-0.4, -0.2) is 58.7 Å². The summed E-state index contributed by atoms with van der Waals surface area (Å²) in [4.78, 5) is 47.7. The average Bonchev–Trinajstić information content (AvgIpc) is 3.87. The van der Waals surface area contributed by atoms with Crippen LogP contribution in [0.3, 0.4) is 0 Å². The fraction of sp³-hybridized carbons (Fsp3) is 0.257. The lowest BCUT2D eigenvalue weighted by molar-refractivity contribution is -0.126. The first-order chi connectivity index (χ1) is 23.0. The number of hydrogen-bond donors (Lipinski definition) is 1. The predicted molar refractivity (Wildman–Crippen MR) is 176 cm³/mol. The molecular formula is C35H32N4O7S. The number of amidine groups is 1. The van der Waals surface area contributed by atoms with E-state index in [-0.39, 0.29) is 25.0 Å². The van der Waals surface area contributed by atoms with Gasteiger partial charge in [0.05, 0.1) is 18.5 Å². The van der Waals surface area contributed by atoms with Gasteiger partial charge in [-0.2, -0.15) is 0 Å². The third kappa shape index (κ3) is 6.82.